The molecule has 1 saturated carbocycles. The number of hydrogen-bond acceptors (Lipinski definition) is 3. The van der Waals surface area contributed by atoms with Crippen molar-refractivity contribution in [2.75, 3.05) is 12.3 Å². The van der Waals surface area contributed by atoms with Crippen molar-refractivity contribution in [1.29, 1.82) is 0 Å². The van der Waals surface area contributed by atoms with Gasteiger partial charge in [-0.25, -0.2) is 0 Å². The number of thioether (sulfide) groups is 1. The molecule has 1 atom stereocenters. The first-order chi connectivity index (χ1) is 16.0. The van der Waals surface area contributed by atoms with E-state index in [0.29, 0.717) is 28.8 Å². The molecule has 178 valence electrons. The van der Waals surface area contributed by atoms with E-state index in [0.717, 1.165) is 36.8 Å². The largest absolute Gasteiger partial charge is 0.352 e. The van der Waals surface area contributed by atoms with Gasteiger partial charge in [0, 0.05) is 28.4 Å². The van der Waals surface area contributed by atoms with Crippen LogP contribution in [0.4, 0.5) is 0 Å². The van der Waals surface area contributed by atoms with Gasteiger partial charge in [-0.3, -0.25) is 9.59 Å². The molecule has 3 rings (SSSR count). The normalized spacial score (nSPS) is 15.1. The summed E-state index contributed by atoms with van der Waals surface area (Å²) in [7, 11) is 0. The second-order valence-electron chi connectivity index (χ2n) is 8.54. The third-order valence-electron chi connectivity index (χ3n) is 6.14. The van der Waals surface area contributed by atoms with E-state index in [1.54, 1.807) is 17.0 Å². The molecule has 1 N–H and O–H groups in total. The topological polar surface area (TPSA) is 49.4 Å². The fourth-order valence-corrected chi connectivity index (χ4v) is 5.78. The summed E-state index contributed by atoms with van der Waals surface area (Å²) >= 11 is 14.0. The van der Waals surface area contributed by atoms with Crippen LogP contribution in [0, 0.1) is 0 Å². The number of benzene rings is 2. The summed E-state index contributed by atoms with van der Waals surface area (Å²) < 4.78 is 0. The third kappa shape index (κ3) is 7.94. The van der Waals surface area contributed by atoms with Crippen LogP contribution in [0.1, 0.15) is 50.2 Å². The van der Waals surface area contributed by atoms with Crippen LogP contribution in [0.5, 0.6) is 0 Å². The van der Waals surface area contributed by atoms with Crippen molar-refractivity contribution in [3.8, 4) is 0 Å². The first-order valence-corrected chi connectivity index (χ1v) is 13.5. The number of amides is 2. The molecule has 0 saturated heterocycles. The minimum Gasteiger partial charge on any atom is -0.352 e. The second-order valence-corrected chi connectivity index (χ2v) is 10.3. The predicted molar refractivity (Wildman–Crippen MR) is 139 cm³/mol. The minimum atomic E-state index is -0.521. The smallest absolute Gasteiger partial charge is 0.242 e. The van der Waals surface area contributed by atoms with Crippen LogP contribution in [0.15, 0.2) is 48.5 Å². The maximum atomic E-state index is 13.2. The molecule has 4 nitrogen and oxygen atoms in total. The molecule has 0 bridgehead atoms. The fraction of sp³-hybridized carbons (Fsp3) is 0.462. The van der Waals surface area contributed by atoms with Crippen LogP contribution >= 0.6 is 35.0 Å². The average Bonchev–Trinajstić information content (AvgIpc) is 2.82. The highest BCUT2D eigenvalue weighted by Crippen LogP contribution is 2.28. The number of halogens is 2. The van der Waals surface area contributed by atoms with E-state index >= 15 is 0 Å². The monoisotopic (exact) mass is 506 g/mol. The van der Waals surface area contributed by atoms with Crippen molar-refractivity contribution in [3.63, 3.8) is 0 Å². The molecule has 0 heterocycles. The Hall–Kier alpha value is -1.69. The highest BCUT2D eigenvalue weighted by atomic mass is 35.5. The van der Waals surface area contributed by atoms with E-state index in [9.17, 15) is 9.59 Å². The SMILES string of the molecule is C[C@@H](C(=O)NC1CCCCC1)N(CCc1ccccc1)C(=O)CSCc1c(Cl)cccc1Cl. The van der Waals surface area contributed by atoms with Gasteiger partial charge in [0.2, 0.25) is 11.8 Å². The molecule has 1 fully saturated rings. The Bertz CT molecular complexity index is 900. The molecule has 33 heavy (non-hydrogen) atoms. The Labute approximate surface area is 211 Å². The summed E-state index contributed by atoms with van der Waals surface area (Å²) in [6.45, 7) is 2.33. The molecule has 1 aliphatic carbocycles. The van der Waals surface area contributed by atoms with Crippen molar-refractivity contribution in [1.82, 2.24) is 10.2 Å². The minimum absolute atomic E-state index is 0.0506. The molecule has 1 aliphatic rings. The van der Waals surface area contributed by atoms with Gasteiger partial charge in [0.1, 0.15) is 6.04 Å². The van der Waals surface area contributed by atoms with Crippen LogP contribution < -0.4 is 5.32 Å². The summed E-state index contributed by atoms with van der Waals surface area (Å²) in [4.78, 5) is 27.9. The lowest BCUT2D eigenvalue weighted by Crippen LogP contribution is -2.51. The predicted octanol–water partition coefficient (Wildman–Crippen LogP) is 6.14. The van der Waals surface area contributed by atoms with Crippen LogP contribution in [0.3, 0.4) is 0 Å². The highest BCUT2D eigenvalue weighted by molar-refractivity contribution is 7.99. The number of nitrogens with zero attached hydrogens (tertiary/aromatic N) is 1. The molecule has 0 aromatic heterocycles. The summed E-state index contributed by atoms with van der Waals surface area (Å²) in [5, 5.41) is 4.38. The lowest BCUT2D eigenvalue weighted by Gasteiger charge is -2.31. The Balaban J connectivity index is 1.62. The van der Waals surface area contributed by atoms with E-state index in [4.69, 9.17) is 23.2 Å². The summed E-state index contributed by atoms with van der Waals surface area (Å²) in [5.41, 5.74) is 1.98. The van der Waals surface area contributed by atoms with E-state index < -0.39 is 6.04 Å². The Kier molecular flexibility index (Phi) is 10.4. The van der Waals surface area contributed by atoms with Gasteiger partial charge < -0.3 is 10.2 Å². The number of rotatable bonds is 10. The number of nitrogens with one attached hydrogen (secondary N) is 1. The maximum Gasteiger partial charge on any atom is 0.242 e. The number of hydrogen-bond donors (Lipinski definition) is 1. The van der Waals surface area contributed by atoms with Crippen molar-refractivity contribution < 1.29 is 9.59 Å². The van der Waals surface area contributed by atoms with E-state index in [1.165, 1.54) is 18.2 Å². The van der Waals surface area contributed by atoms with Gasteiger partial charge >= 0.3 is 0 Å². The van der Waals surface area contributed by atoms with Gasteiger partial charge in [-0.15, -0.1) is 11.8 Å². The third-order valence-corrected chi connectivity index (χ3v) is 7.79. The van der Waals surface area contributed by atoms with Crippen LogP contribution in [0.2, 0.25) is 10.0 Å². The Morgan fingerprint density at radius 1 is 1.03 bits per heavy atom. The molecule has 2 amide bonds. The zero-order valence-corrected chi connectivity index (χ0v) is 21.4. The zero-order chi connectivity index (χ0) is 23.6. The molecule has 0 spiro atoms. The molecular formula is C26H32Cl2N2O2S. The van der Waals surface area contributed by atoms with Crippen LogP contribution in [-0.2, 0) is 21.8 Å². The molecule has 7 heteroatoms. The summed E-state index contributed by atoms with van der Waals surface area (Å²) in [6.07, 6.45) is 6.27. The quantitative estimate of drug-likeness (QED) is 0.421. The molecule has 0 unspecified atom stereocenters. The second kappa shape index (κ2) is 13.3. The standard InChI is InChI=1S/C26H32Cl2N2O2S/c1-19(26(32)29-21-11-6-3-7-12-21)30(16-15-20-9-4-2-5-10-20)25(31)18-33-17-22-23(27)13-8-14-24(22)28/h2,4-5,8-10,13-14,19,21H,3,6-7,11-12,15-18H2,1H3,(H,29,32)/t19-/m0/s1. The van der Waals surface area contributed by atoms with Gasteiger partial charge in [-0.1, -0.05) is 78.9 Å². The van der Waals surface area contributed by atoms with Crippen LogP contribution in [-0.4, -0.2) is 41.1 Å². The van der Waals surface area contributed by atoms with E-state index in [2.05, 4.69) is 5.32 Å². The Morgan fingerprint density at radius 3 is 2.36 bits per heavy atom. The lowest BCUT2D eigenvalue weighted by atomic mass is 9.95. The van der Waals surface area contributed by atoms with Gasteiger partial charge in [0.25, 0.3) is 0 Å². The molecule has 0 aliphatic heterocycles. The summed E-state index contributed by atoms with van der Waals surface area (Å²) in [5.74, 6) is 0.685. The van der Waals surface area contributed by atoms with E-state index in [-0.39, 0.29) is 23.6 Å². The summed E-state index contributed by atoms with van der Waals surface area (Å²) in [6, 6.07) is 15.2. The van der Waals surface area contributed by atoms with E-state index in [1.807, 2.05) is 43.3 Å². The first-order valence-electron chi connectivity index (χ1n) is 11.6. The molecule has 2 aromatic carbocycles. The number of carbonyl (C=O) groups excluding carboxylic acids is 2. The zero-order valence-electron chi connectivity index (χ0n) is 19.1. The first kappa shape index (κ1) is 25.9. The maximum absolute atomic E-state index is 13.2. The van der Waals surface area contributed by atoms with Gasteiger partial charge in [0.15, 0.2) is 0 Å². The average molecular weight is 508 g/mol. The highest BCUT2D eigenvalue weighted by Gasteiger charge is 2.27. The Morgan fingerprint density at radius 2 is 1.70 bits per heavy atom. The number of carbonyl (C=O) groups is 2. The van der Waals surface area contributed by atoms with Crippen molar-refractivity contribution in [3.05, 3.63) is 69.7 Å². The molecular weight excluding hydrogens is 475 g/mol. The molecule has 0 radical (unpaired) electrons. The van der Waals surface area contributed by atoms with Crippen molar-refractivity contribution in [2.24, 2.45) is 0 Å². The lowest BCUT2D eigenvalue weighted by molar-refractivity contribution is -0.138. The fourth-order valence-electron chi connectivity index (χ4n) is 4.13. The van der Waals surface area contributed by atoms with Crippen molar-refractivity contribution in [2.45, 2.75) is 63.3 Å². The van der Waals surface area contributed by atoms with Gasteiger partial charge in [-0.05, 0) is 49.4 Å². The van der Waals surface area contributed by atoms with Gasteiger partial charge in [0.05, 0.1) is 5.75 Å². The van der Waals surface area contributed by atoms with Crippen LogP contribution in [0.25, 0.3) is 0 Å². The van der Waals surface area contributed by atoms with Crippen molar-refractivity contribution >= 4 is 46.8 Å². The van der Waals surface area contributed by atoms with Gasteiger partial charge in [-0.2, -0.15) is 0 Å². The molecule has 2 aromatic rings.